The summed E-state index contributed by atoms with van der Waals surface area (Å²) in [7, 11) is 1.68. The Labute approximate surface area is 126 Å². The van der Waals surface area contributed by atoms with Crippen LogP contribution in [0.4, 0.5) is 0 Å². The van der Waals surface area contributed by atoms with E-state index in [4.69, 9.17) is 10.5 Å². The van der Waals surface area contributed by atoms with Gasteiger partial charge in [-0.2, -0.15) is 0 Å². The minimum atomic E-state index is -0.121. The Balaban J connectivity index is 1.79. The topological polar surface area (TPSA) is 58.7 Å². The van der Waals surface area contributed by atoms with Crippen LogP contribution in [0.3, 0.4) is 0 Å². The molecule has 1 aliphatic heterocycles. The van der Waals surface area contributed by atoms with Crippen molar-refractivity contribution < 1.29 is 9.84 Å². The monoisotopic (exact) mass is 290 g/mol. The van der Waals surface area contributed by atoms with E-state index >= 15 is 0 Å². The van der Waals surface area contributed by atoms with Crippen LogP contribution in [0.2, 0.25) is 0 Å². The van der Waals surface area contributed by atoms with Crippen molar-refractivity contribution in [3.05, 3.63) is 29.8 Å². The van der Waals surface area contributed by atoms with Crippen molar-refractivity contribution in [1.82, 2.24) is 4.90 Å². The number of ether oxygens (including phenoxy) is 1. The van der Waals surface area contributed by atoms with Crippen LogP contribution < -0.4 is 10.5 Å². The fourth-order valence-corrected chi connectivity index (χ4v) is 4.15. The first-order chi connectivity index (χ1) is 10.1. The molecular weight excluding hydrogens is 264 g/mol. The smallest absolute Gasteiger partial charge is 0.118 e. The van der Waals surface area contributed by atoms with E-state index in [-0.39, 0.29) is 18.2 Å². The van der Waals surface area contributed by atoms with Crippen LogP contribution in [-0.2, 0) is 0 Å². The Hall–Kier alpha value is -1.10. The van der Waals surface area contributed by atoms with Crippen LogP contribution in [0.1, 0.15) is 31.4 Å². The number of hydrogen-bond donors (Lipinski definition) is 2. The van der Waals surface area contributed by atoms with Crippen LogP contribution in [0.15, 0.2) is 24.3 Å². The third kappa shape index (κ3) is 2.80. The fraction of sp³-hybridized carbons (Fsp3) is 0.647. The van der Waals surface area contributed by atoms with E-state index in [0.717, 1.165) is 31.7 Å². The normalized spacial score (nSPS) is 31.9. The summed E-state index contributed by atoms with van der Waals surface area (Å²) in [6, 6.07) is 8.49. The summed E-state index contributed by atoms with van der Waals surface area (Å²) < 4.78 is 5.23. The second kappa shape index (κ2) is 5.95. The number of fused-ring (bicyclic) bond motifs is 1. The molecule has 0 spiro atoms. The molecule has 4 nitrogen and oxygen atoms in total. The highest BCUT2D eigenvalue weighted by Crippen LogP contribution is 2.41. The van der Waals surface area contributed by atoms with Crippen molar-refractivity contribution >= 4 is 0 Å². The van der Waals surface area contributed by atoms with Crippen molar-refractivity contribution in [1.29, 1.82) is 0 Å². The van der Waals surface area contributed by atoms with Crippen LogP contribution in [0, 0.1) is 11.8 Å². The molecule has 5 atom stereocenters. The zero-order valence-corrected chi connectivity index (χ0v) is 12.9. The molecule has 2 aliphatic rings. The van der Waals surface area contributed by atoms with Gasteiger partial charge in [0, 0.05) is 31.1 Å². The lowest BCUT2D eigenvalue weighted by molar-refractivity contribution is 0.115. The number of benzene rings is 1. The van der Waals surface area contributed by atoms with Gasteiger partial charge in [-0.05, 0) is 43.4 Å². The fourth-order valence-electron chi connectivity index (χ4n) is 4.15. The van der Waals surface area contributed by atoms with Crippen molar-refractivity contribution in [2.24, 2.45) is 17.6 Å². The predicted molar refractivity (Wildman–Crippen MR) is 83.2 cm³/mol. The van der Waals surface area contributed by atoms with Crippen molar-refractivity contribution in [3.8, 4) is 5.75 Å². The number of rotatable bonds is 4. The molecule has 4 heteroatoms. The van der Waals surface area contributed by atoms with Gasteiger partial charge in [0.15, 0.2) is 0 Å². The van der Waals surface area contributed by atoms with Crippen LogP contribution in [-0.4, -0.2) is 42.4 Å². The van der Waals surface area contributed by atoms with Gasteiger partial charge in [0.2, 0.25) is 0 Å². The number of aliphatic hydroxyl groups is 1. The molecule has 0 bridgehead atoms. The van der Waals surface area contributed by atoms with E-state index in [0.29, 0.717) is 11.8 Å². The van der Waals surface area contributed by atoms with Gasteiger partial charge in [0.25, 0.3) is 0 Å². The highest BCUT2D eigenvalue weighted by Gasteiger charge is 2.44. The molecule has 0 radical (unpaired) electrons. The minimum Gasteiger partial charge on any atom is -0.497 e. The number of nitrogens with two attached hydrogens (primary N) is 1. The molecule has 0 amide bonds. The van der Waals surface area contributed by atoms with Crippen LogP contribution in [0.25, 0.3) is 0 Å². The Kier molecular flexibility index (Phi) is 4.20. The zero-order chi connectivity index (χ0) is 15.0. The van der Waals surface area contributed by atoms with Crippen LogP contribution >= 0.6 is 0 Å². The number of hydrogen-bond acceptors (Lipinski definition) is 4. The van der Waals surface area contributed by atoms with Gasteiger partial charge in [-0.15, -0.1) is 0 Å². The average Bonchev–Trinajstić information content (AvgIpc) is 3.02. The zero-order valence-electron chi connectivity index (χ0n) is 12.9. The van der Waals surface area contributed by atoms with Gasteiger partial charge in [-0.1, -0.05) is 12.1 Å². The summed E-state index contributed by atoms with van der Waals surface area (Å²) >= 11 is 0. The number of likely N-dealkylation sites (tertiary alicyclic amines) is 1. The molecule has 1 aliphatic carbocycles. The number of aliphatic hydroxyl groups excluding tert-OH is 1. The van der Waals surface area contributed by atoms with E-state index in [1.807, 2.05) is 12.1 Å². The standard InChI is InChI=1S/C17H26N2O2/c1-11(18)17(12-3-6-14(21-2)7-4-12)19-9-13-5-8-16(20)15(13)10-19/h3-4,6-7,11,13,15-17,20H,5,8-10,18H2,1-2H3. The highest BCUT2D eigenvalue weighted by atomic mass is 16.5. The molecular formula is C17H26N2O2. The Morgan fingerprint density at radius 2 is 1.95 bits per heavy atom. The molecule has 0 aromatic heterocycles. The van der Waals surface area contributed by atoms with Gasteiger partial charge in [0.05, 0.1) is 13.2 Å². The highest BCUT2D eigenvalue weighted by molar-refractivity contribution is 5.30. The number of methoxy groups -OCH3 is 1. The van der Waals surface area contributed by atoms with E-state index in [1.54, 1.807) is 7.11 Å². The lowest BCUT2D eigenvalue weighted by atomic mass is 9.99. The molecule has 1 aromatic carbocycles. The molecule has 3 rings (SSSR count). The van der Waals surface area contributed by atoms with Crippen molar-refractivity contribution in [2.75, 3.05) is 20.2 Å². The maximum absolute atomic E-state index is 10.1. The summed E-state index contributed by atoms with van der Waals surface area (Å²) in [5.41, 5.74) is 7.51. The number of nitrogens with zero attached hydrogens (tertiary/aromatic N) is 1. The molecule has 3 N–H and O–H groups in total. The van der Waals surface area contributed by atoms with E-state index in [1.165, 1.54) is 5.56 Å². The largest absolute Gasteiger partial charge is 0.497 e. The lowest BCUT2D eigenvalue weighted by Crippen LogP contribution is -2.39. The second-order valence-electron chi connectivity index (χ2n) is 6.60. The van der Waals surface area contributed by atoms with Gasteiger partial charge >= 0.3 is 0 Å². The first kappa shape index (κ1) is 14.8. The molecule has 5 unspecified atom stereocenters. The molecule has 21 heavy (non-hydrogen) atoms. The van der Waals surface area contributed by atoms with E-state index in [2.05, 4.69) is 24.0 Å². The summed E-state index contributed by atoms with van der Waals surface area (Å²) in [6.45, 7) is 4.09. The molecule has 1 heterocycles. The predicted octanol–water partition coefficient (Wildman–Crippen LogP) is 1.79. The van der Waals surface area contributed by atoms with Gasteiger partial charge in [-0.25, -0.2) is 0 Å². The summed E-state index contributed by atoms with van der Waals surface area (Å²) in [6.07, 6.45) is 2.00. The summed E-state index contributed by atoms with van der Waals surface area (Å²) in [5.74, 6) is 1.94. The van der Waals surface area contributed by atoms with Crippen LogP contribution in [0.5, 0.6) is 5.75 Å². The Morgan fingerprint density at radius 1 is 1.24 bits per heavy atom. The first-order valence-electron chi connectivity index (χ1n) is 7.91. The van der Waals surface area contributed by atoms with Gasteiger partial charge in [-0.3, -0.25) is 4.90 Å². The molecule has 116 valence electrons. The molecule has 2 fully saturated rings. The third-order valence-electron chi connectivity index (χ3n) is 5.20. The molecule has 1 aromatic rings. The maximum Gasteiger partial charge on any atom is 0.118 e. The summed E-state index contributed by atoms with van der Waals surface area (Å²) in [5, 5.41) is 10.1. The molecule has 1 saturated carbocycles. The van der Waals surface area contributed by atoms with Crippen molar-refractivity contribution in [2.45, 2.75) is 38.0 Å². The average molecular weight is 290 g/mol. The third-order valence-corrected chi connectivity index (χ3v) is 5.20. The maximum atomic E-state index is 10.1. The Bertz CT molecular complexity index is 474. The summed E-state index contributed by atoms with van der Waals surface area (Å²) in [4.78, 5) is 2.46. The first-order valence-corrected chi connectivity index (χ1v) is 7.91. The lowest BCUT2D eigenvalue weighted by Gasteiger charge is -2.32. The van der Waals surface area contributed by atoms with Gasteiger partial charge in [0.1, 0.15) is 5.75 Å². The van der Waals surface area contributed by atoms with E-state index < -0.39 is 0 Å². The quantitative estimate of drug-likeness (QED) is 0.887. The van der Waals surface area contributed by atoms with Gasteiger partial charge < -0.3 is 15.6 Å². The minimum absolute atomic E-state index is 0.0642. The second-order valence-corrected chi connectivity index (χ2v) is 6.60. The Morgan fingerprint density at radius 3 is 2.52 bits per heavy atom. The van der Waals surface area contributed by atoms with E-state index in [9.17, 15) is 5.11 Å². The SMILES string of the molecule is COc1ccc(C(C(C)N)N2CC3CCC(O)C3C2)cc1. The van der Waals surface area contributed by atoms with Crippen molar-refractivity contribution in [3.63, 3.8) is 0 Å². The molecule has 1 saturated heterocycles.